The third kappa shape index (κ3) is 6.01. The van der Waals surface area contributed by atoms with Gasteiger partial charge in [0, 0.05) is 42.3 Å². The number of carbonyl (C=O) groups is 2. The number of fused-ring (bicyclic) bond motifs is 1. The molecule has 0 aliphatic carbocycles. The molecular weight excluding hydrogens is 475 g/mol. The van der Waals surface area contributed by atoms with Crippen molar-refractivity contribution in [2.75, 3.05) is 31.5 Å². The Balaban J connectivity index is 1.35. The normalized spacial score (nSPS) is 16.8. The Hall–Kier alpha value is -2.35. The number of halogens is 2. The number of amides is 1. The molecule has 1 amide bonds. The molecule has 1 aromatic heterocycles. The fourth-order valence-electron chi connectivity index (χ4n) is 4.93. The number of likely N-dealkylation sites (tertiary alicyclic amines) is 1. The number of carboxylic acid groups (broad SMARTS) is 1. The molecule has 0 bridgehead atoms. The van der Waals surface area contributed by atoms with Gasteiger partial charge < -0.3 is 15.3 Å². The van der Waals surface area contributed by atoms with Crippen LogP contribution in [0.3, 0.4) is 0 Å². The highest BCUT2D eigenvalue weighted by Gasteiger charge is 2.38. The van der Waals surface area contributed by atoms with Gasteiger partial charge in [-0.2, -0.15) is 0 Å². The fourth-order valence-corrected chi connectivity index (χ4v) is 5.48. The number of pyridine rings is 1. The van der Waals surface area contributed by atoms with E-state index in [0.29, 0.717) is 28.7 Å². The maximum atomic E-state index is 12.6. The number of nitrogens with one attached hydrogen (secondary N) is 1. The molecule has 4 rings (SSSR count). The number of benzene rings is 1. The van der Waals surface area contributed by atoms with Gasteiger partial charge in [0.1, 0.15) is 5.82 Å². The lowest BCUT2D eigenvalue weighted by molar-refractivity contribution is -0.144. The van der Waals surface area contributed by atoms with Gasteiger partial charge in [-0.1, -0.05) is 29.3 Å². The first-order valence-electron chi connectivity index (χ1n) is 11.7. The van der Waals surface area contributed by atoms with Crippen molar-refractivity contribution in [3.05, 3.63) is 57.2 Å². The summed E-state index contributed by atoms with van der Waals surface area (Å²) < 4.78 is 0. The number of carbonyl (C=O) groups excluding carboxylic acids is 1. The predicted molar refractivity (Wildman–Crippen MR) is 134 cm³/mol. The van der Waals surface area contributed by atoms with Crippen LogP contribution in [-0.2, 0) is 22.4 Å². The van der Waals surface area contributed by atoms with Crippen LogP contribution in [-0.4, -0.2) is 64.0 Å². The summed E-state index contributed by atoms with van der Waals surface area (Å²) >= 11 is 12.3. The van der Waals surface area contributed by atoms with E-state index in [-0.39, 0.29) is 18.4 Å². The zero-order valence-corrected chi connectivity index (χ0v) is 20.8. The van der Waals surface area contributed by atoms with Gasteiger partial charge in [0.15, 0.2) is 0 Å². The van der Waals surface area contributed by atoms with E-state index in [0.717, 1.165) is 50.3 Å². The Bertz CT molecular complexity index is 1040. The molecule has 2 aromatic rings. The molecule has 1 saturated heterocycles. The summed E-state index contributed by atoms with van der Waals surface area (Å²) in [7, 11) is 0. The molecule has 0 saturated carbocycles. The van der Waals surface area contributed by atoms with Gasteiger partial charge in [-0.3, -0.25) is 14.5 Å². The first-order valence-corrected chi connectivity index (χ1v) is 12.5. The van der Waals surface area contributed by atoms with E-state index in [1.165, 1.54) is 12.5 Å². The van der Waals surface area contributed by atoms with E-state index in [1.807, 2.05) is 0 Å². The van der Waals surface area contributed by atoms with Gasteiger partial charge >= 0.3 is 5.97 Å². The Morgan fingerprint density at radius 3 is 2.65 bits per heavy atom. The minimum Gasteiger partial charge on any atom is -0.481 e. The molecule has 0 unspecified atom stereocenters. The summed E-state index contributed by atoms with van der Waals surface area (Å²) in [5, 5.41) is 13.7. The zero-order valence-electron chi connectivity index (χ0n) is 19.3. The van der Waals surface area contributed by atoms with Crippen LogP contribution in [0.2, 0.25) is 10.0 Å². The van der Waals surface area contributed by atoms with E-state index in [9.17, 15) is 14.7 Å². The number of anilines is 1. The zero-order chi connectivity index (χ0) is 24.2. The van der Waals surface area contributed by atoms with Crippen molar-refractivity contribution in [1.29, 1.82) is 0 Å². The number of rotatable bonds is 9. The largest absolute Gasteiger partial charge is 0.481 e. The number of carboxylic acids is 1. The quantitative estimate of drug-likeness (QED) is 0.525. The second-order valence-corrected chi connectivity index (χ2v) is 9.97. The van der Waals surface area contributed by atoms with Crippen molar-refractivity contribution < 1.29 is 14.7 Å². The van der Waals surface area contributed by atoms with Gasteiger partial charge in [0.2, 0.25) is 5.91 Å². The molecule has 3 heterocycles. The van der Waals surface area contributed by atoms with Crippen molar-refractivity contribution in [3.63, 3.8) is 0 Å². The van der Waals surface area contributed by atoms with Crippen LogP contribution < -0.4 is 5.32 Å². The minimum absolute atomic E-state index is 0.0503. The molecule has 1 atom stereocenters. The van der Waals surface area contributed by atoms with E-state index < -0.39 is 12.0 Å². The number of hydrogen-bond donors (Lipinski definition) is 2. The first-order chi connectivity index (χ1) is 16.3. The van der Waals surface area contributed by atoms with Crippen LogP contribution in [0.1, 0.15) is 49.0 Å². The monoisotopic (exact) mass is 504 g/mol. The molecule has 2 N–H and O–H groups in total. The molecule has 1 aromatic carbocycles. The predicted octanol–water partition coefficient (Wildman–Crippen LogP) is 4.43. The maximum absolute atomic E-state index is 12.6. The highest BCUT2D eigenvalue weighted by atomic mass is 35.5. The van der Waals surface area contributed by atoms with Gasteiger partial charge in [0.25, 0.3) is 0 Å². The molecule has 0 radical (unpaired) electrons. The average molecular weight is 505 g/mol. The maximum Gasteiger partial charge on any atom is 0.305 e. The number of hydrogen-bond acceptors (Lipinski definition) is 5. The fraction of sp³-hybridized carbons (Fsp3) is 0.480. The van der Waals surface area contributed by atoms with Crippen molar-refractivity contribution in [1.82, 2.24) is 14.8 Å². The van der Waals surface area contributed by atoms with Crippen LogP contribution in [0, 0.1) is 0 Å². The van der Waals surface area contributed by atoms with Gasteiger partial charge in [0.05, 0.1) is 18.5 Å². The smallest absolute Gasteiger partial charge is 0.305 e. The lowest BCUT2D eigenvalue weighted by Crippen LogP contribution is -2.61. The molecule has 34 heavy (non-hydrogen) atoms. The van der Waals surface area contributed by atoms with E-state index in [1.54, 1.807) is 23.1 Å². The number of aliphatic carboxylic acids is 1. The summed E-state index contributed by atoms with van der Waals surface area (Å²) in [5.41, 5.74) is 3.03. The van der Waals surface area contributed by atoms with Crippen molar-refractivity contribution in [2.45, 2.75) is 51.1 Å². The number of nitrogens with zero attached hydrogens (tertiary/aromatic N) is 3. The van der Waals surface area contributed by atoms with Crippen LogP contribution in [0.5, 0.6) is 0 Å². The van der Waals surface area contributed by atoms with E-state index in [4.69, 9.17) is 28.2 Å². The molecule has 9 heteroatoms. The van der Waals surface area contributed by atoms with E-state index in [2.05, 4.69) is 22.3 Å². The Kier molecular flexibility index (Phi) is 7.96. The third-order valence-electron chi connectivity index (χ3n) is 6.53. The first kappa shape index (κ1) is 24.8. The van der Waals surface area contributed by atoms with Gasteiger partial charge in [-0.05, 0) is 67.6 Å². The highest BCUT2D eigenvalue weighted by Crippen LogP contribution is 2.33. The number of aromatic nitrogens is 1. The topological polar surface area (TPSA) is 85.8 Å². The summed E-state index contributed by atoms with van der Waals surface area (Å²) in [6, 6.07) is 8.60. The lowest BCUT2D eigenvalue weighted by atomic mass is 9.96. The molecule has 1 fully saturated rings. The van der Waals surface area contributed by atoms with Crippen molar-refractivity contribution in [2.24, 2.45) is 0 Å². The van der Waals surface area contributed by atoms with E-state index >= 15 is 0 Å². The summed E-state index contributed by atoms with van der Waals surface area (Å²) in [4.78, 5) is 33.0. The second-order valence-electron chi connectivity index (χ2n) is 9.10. The number of aryl methyl sites for hydroxylation is 2. The molecule has 2 aliphatic rings. The van der Waals surface area contributed by atoms with Crippen LogP contribution in [0.25, 0.3) is 0 Å². The van der Waals surface area contributed by atoms with Crippen LogP contribution >= 0.6 is 23.2 Å². The Morgan fingerprint density at radius 1 is 1.24 bits per heavy atom. The van der Waals surface area contributed by atoms with Crippen molar-refractivity contribution in [3.8, 4) is 0 Å². The highest BCUT2D eigenvalue weighted by molar-refractivity contribution is 6.34. The Labute approximate surface area is 210 Å². The molecule has 7 nitrogen and oxygen atoms in total. The summed E-state index contributed by atoms with van der Waals surface area (Å²) in [6.07, 6.45) is 3.90. The standard InChI is InChI=1S/C25H30Cl2N4O3/c1-16(32)31(23(13-24(33)34)18-10-19(26)12-20(27)11-18)22-14-30(15-22)9-3-5-21-7-6-17-4-2-8-28-25(17)29-21/h6-7,10-12,22-23H,2-5,8-9,13-15H2,1H3,(H,28,29)(H,33,34)/t23-/m0/s1. The molecular formula is C25H30Cl2N4O3. The average Bonchev–Trinajstić information content (AvgIpc) is 2.75. The SMILES string of the molecule is CC(=O)N(C1CN(CCCc2ccc3c(n2)NCCC3)C1)[C@@H](CC(=O)O)c1cc(Cl)cc(Cl)c1. The minimum atomic E-state index is -0.976. The van der Waals surface area contributed by atoms with Crippen LogP contribution in [0.15, 0.2) is 30.3 Å². The van der Waals surface area contributed by atoms with Crippen molar-refractivity contribution >= 4 is 40.9 Å². The molecule has 2 aliphatic heterocycles. The molecule has 182 valence electrons. The van der Waals surface area contributed by atoms with Gasteiger partial charge in [-0.25, -0.2) is 4.98 Å². The second kappa shape index (κ2) is 10.9. The van der Waals surface area contributed by atoms with Gasteiger partial charge in [-0.15, -0.1) is 0 Å². The van der Waals surface area contributed by atoms with Crippen LogP contribution in [0.4, 0.5) is 5.82 Å². The lowest BCUT2D eigenvalue weighted by Gasteiger charge is -2.48. The Morgan fingerprint density at radius 2 is 1.97 bits per heavy atom. The third-order valence-corrected chi connectivity index (χ3v) is 6.96. The summed E-state index contributed by atoms with van der Waals surface area (Å²) in [6.45, 7) is 4.79. The molecule has 0 spiro atoms. The summed E-state index contributed by atoms with van der Waals surface area (Å²) in [5.74, 6) is -0.108.